The summed E-state index contributed by atoms with van der Waals surface area (Å²) in [5.41, 5.74) is -5.63. The van der Waals surface area contributed by atoms with E-state index in [-0.39, 0.29) is 41.0 Å². The summed E-state index contributed by atoms with van der Waals surface area (Å²) >= 11 is 0. The standard InChI is InChI=1S/C31H43NO6/c1-25(2)11-13-30(24(35)38-8)14-12-28(5)27(4)10-9-19-26(3,16-18(32-7)23(34)29(19,6)36)20(27)15-22(33)31(28,37)21(30)17-25/h15,19,21,34,36-37H,9-14,16-17H2,1-6,8H3/t19-,21-,26+,27-,28+,29+,30+,31-/m1/s1. The number of hydrogen-bond acceptors (Lipinski definition) is 6. The Kier molecular flexibility index (Phi) is 5.57. The molecule has 0 bridgehead atoms. The van der Waals surface area contributed by atoms with E-state index in [1.54, 1.807) is 13.0 Å². The fourth-order valence-corrected chi connectivity index (χ4v) is 10.1. The third kappa shape index (κ3) is 2.92. The quantitative estimate of drug-likeness (QED) is 0.318. The number of hydrogen-bond donors (Lipinski definition) is 3. The van der Waals surface area contributed by atoms with Crippen molar-refractivity contribution in [3.8, 4) is 0 Å². The highest BCUT2D eigenvalue weighted by Crippen LogP contribution is 2.75. The Morgan fingerprint density at radius 2 is 1.66 bits per heavy atom. The predicted octanol–water partition coefficient (Wildman–Crippen LogP) is 5.28. The van der Waals surface area contributed by atoms with Gasteiger partial charge in [-0.25, -0.2) is 4.85 Å². The lowest BCUT2D eigenvalue weighted by Crippen LogP contribution is -2.75. The molecule has 0 unspecified atom stereocenters. The van der Waals surface area contributed by atoms with Crippen molar-refractivity contribution >= 4 is 11.8 Å². The lowest BCUT2D eigenvalue weighted by molar-refractivity contribution is -0.250. The van der Waals surface area contributed by atoms with Gasteiger partial charge in [-0.15, -0.1) is 0 Å². The minimum atomic E-state index is -1.75. The predicted molar refractivity (Wildman–Crippen MR) is 141 cm³/mol. The fourth-order valence-electron chi connectivity index (χ4n) is 10.1. The molecule has 3 fully saturated rings. The third-order valence-corrected chi connectivity index (χ3v) is 12.6. The van der Waals surface area contributed by atoms with E-state index in [2.05, 4.69) is 25.6 Å². The van der Waals surface area contributed by atoms with E-state index in [0.29, 0.717) is 38.5 Å². The van der Waals surface area contributed by atoms with Crippen LogP contribution in [0.15, 0.2) is 23.1 Å². The van der Waals surface area contributed by atoms with Gasteiger partial charge in [0.2, 0.25) is 5.70 Å². The summed E-state index contributed by atoms with van der Waals surface area (Å²) in [7, 11) is 1.39. The molecule has 5 aliphatic rings. The first kappa shape index (κ1) is 27.4. The number of ether oxygens (including phenoxy) is 1. The summed E-state index contributed by atoms with van der Waals surface area (Å²) < 4.78 is 5.33. The summed E-state index contributed by atoms with van der Waals surface area (Å²) in [4.78, 5) is 31.4. The number of aliphatic hydroxyl groups is 3. The molecule has 0 aliphatic heterocycles. The average Bonchev–Trinajstić information content (AvgIpc) is 2.85. The Labute approximate surface area is 226 Å². The Morgan fingerprint density at radius 3 is 2.26 bits per heavy atom. The Morgan fingerprint density at radius 1 is 1.03 bits per heavy atom. The lowest BCUT2D eigenvalue weighted by Gasteiger charge is -2.71. The van der Waals surface area contributed by atoms with Gasteiger partial charge in [-0.3, -0.25) is 9.59 Å². The van der Waals surface area contributed by atoms with Gasteiger partial charge in [0.1, 0.15) is 17.0 Å². The number of nitrogens with zero attached hydrogens (tertiary/aromatic N) is 1. The monoisotopic (exact) mass is 525 g/mol. The number of rotatable bonds is 1. The van der Waals surface area contributed by atoms with Crippen molar-refractivity contribution in [1.82, 2.24) is 0 Å². The smallest absolute Gasteiger partial charge is 0.312 e. The van der Waals surface area contributed by atoms with Crippen LogP contribution in [0.3, 0.4) is 0 Å². The molecule has 0 heterocycles. The normalized spacial score (nSPS) is 49.5. The van der Waals surface area contributed by atoms with E-state index >= 15 is 0 Å². The van der Waals surface area contributed by atoms with Gasteiger partial charge in [0, 0.05) is 17.3 Å². The maximum absolute atomic E-state index is 14.4. The highest BCUT2D eigenvalue weighted by molar-refractivity contribution is 6.01. The highest BCUT2D eigenvalue weighted by atomic mass is 16.5. The van der Waals surface area contributed by atoms with Crippen LogP contribution in [0.4, 0.5) is 0 Å². The number of carbonyl (C=O) groups is 2. The van der Waals surface area contributed by atoms with Crippen LogP contribution in [0, 0.1) is 45.5 Å². The molecule has 7 heteroatoms. The van der Waals surface area contributed by atoms with Crippen molar-refractivity contribution in [2.75, 3.05) is 7.11 Å². The molecule has 208 valence electrons. The number of methoxy groups -OCH3 is 1. The number of esters is 1. The van der Waals surface area contributed by atoms with Gasteiger partial charge in [0.15, 0.2) is 5.78 Å². The molecule has 7 nitrogen and oxygen atoms in total. The zero-order valence-electron chi connectivity index (χ0n) is 23.9. The van der Waals surface area contributed by atoms with Crippen molar-refractivity contribution in [2.45, 2.75) is 104 Å². The van der Waals surface area contributed by atoms with Crippen molar-refractivity contribution < 1.29 is 29.6 Å². The van der Waals surface area contributed by atoms with Gasteiger partial charge < -0.3 is 20.1 Å². The molecule has 38 heavy (non-hydrogen) atoms. The Bertz CT molecular complexity index is 1220. The summed E-state index contributed by atoms with van der Waals surface area (Å²) in [5, 5.41) is 35.1. The number of aliphatic hydroxyl groups excluding tert-OH is 1. The second-order valence-corrected chi connectivity index (χ2v) is 14.7. The van der Waals surface area contributed by atoms with Crippen LogP contribution in [-0.2, 0) is 14.3 Å². The van der Waals surface area contributed by atoms with Crippen LogP contribution >= 0.6 is 0 Å². The molecule has 0 spiro atoms. The van der Waals surface area contributed by atoms with Gasteiger partial charge in [0.05, 0.1) is 19.1 Å². The van der Waals surface area contributed by atoms with Gasteiger partial charge in [-0.05, 0) is 80.6 Å². The number of carbonyl (C=O) groups excluding carboxylic acids is 2. The lowest BCUT2D eigenvalue weighted by atomic mass is 9.33. The summed E-state index contributed by atoms with van der Waals surface area (Å²) in [5.74, 6) is -1.94. The van der Waals surface area contributed by atoms with Gasteiger partial charge in [-0.2, -0.15) is 0 Å². The maximum atomic E-state index is 14.4. The van der Waals surface area contributed by atoms with Crippen molar-refractivity contribution in [3.05, 3.63) is 34.5 Å². The van der Waals surface area contributed by atoms with Crippen LogP contribution in [0.5, 0.6) is 0 Å². The van der Waals surface area contributed by atoms with Gasteiger partial charge in [0.25, 0.3) is 0 Å². The topological polar surface area (TPSA) is 108 Å². The largest absolute Gasteiger partial charge is 0.521 e. The molecule has 0 aromatic rings. The molecule has 0 saturated heterocycles. The maximum Gasteiger partial charge on any atom is 0.312 e. The van der Waals surface area contributed by atoms with Crippen LogP contribution in [0.2, 0.25) is 0 Å². The first-order chi connectivity index (χ1) is 17.4. The van der Waals surface area contributed by atoms with Crippen molar-refractivity contribution in [2.24, 2.45) is 38.9 Å². The zero-order chi connectivity index (χ0) is 28.3. The van der Waals surface area contributed by atoms with E-state index in [1.165, 1.54) is 7.11 Å². The number of allylic oxidation sites excluding steroid dienone is 2. The molecule has 0 aromatic heterocycles. The first-order valence-corrected chi connectivity index (χ1v) is 14.0. The van der Waals surface area contributed by atoms with Crippen LogP contribution < -0.4 is 0 Å². The van der Waals surface area contributed by atoms with E-state index in [4.69, 9.17) is 11.3 Å². The third-order valence-electron chi connectivity index (χ3n) is 12.6. The zero-order valence-corrected chi connectivity index (χ0v) is 23.9. The summed E-state index contributed by atoms with van der Waals surface area (Å²) in [6.45, 7) is 19.7. The molecule has 5 rings (SSSR count). The molecule has 0 amide bonds. The molecule has 0 radical (unpaired) electrons. The number of ketones is 1. The molecule has 0 aromatic carbocycles. The minimum absolute atomic E-state index is 0.125. The summed E-state index contributed by atoms with van der Waals surface area (Å²) in [6, 6.07) is 0. The second kappa shape index (κ2) is 7.73. The molecular weight excluding hydrogens is 482 g/mol. The highest BCUT2D eigenvalue weighted by Gasteiger charge is 2.77. The molecule has 5 aliphatic carbocycles. The van der Waals surface area contributed by atoms with Gasteiger partial charge >= 0.3 is 5.97 Å². The summed E-state index contributed by atoms with van der Waals surface area (Å²) in [6.07, 6.45) is 6.00. The molecule has 3 saturated carbocycles. The minimum Gasteiger partial charge on any atom is -0.521 e. The van der Waals surface area contributed by atoms with E-state index in [0.717, 1.165) is 12.0 Å². The average molecular weight is 526 g/mol. The first-order valence-electron chi connectivity index (χ1n) is 14.0. The van der Waals surface area contributed by atoms with Crippen LogP contribution in [-0.4, -0.2) is 45.4 Å². The van der Waals surface area contributed by atoms with Crippen LogP contribution in [0.25, 0.3) is 4.85 Å². The molecular formula is C31H43NO6. The Balaban J connectivity index is 1.73. The van der Waals surface area contributed by atoms with Crippen LogP contribution in [0.1, 0.15) is 92.9 Å². The van der Waals surface area contributed by atoms with E-state index in [1.807, 2.05) is 13.8 Å². The van der Waals surface area contributed by atoms with Crippen molar-refractivity contribution in [3.63, 3.8) is 0 Å². The molecule has 3 N–H and O–H groups in total. The van der Waals surface area contributed by atoms with E-state index in [9.17, 15) is 24.9 Å². The van der Waals surface area contributed by atoms with Gasteiger partial charge in [-0.1, -0.05) is 40.2 Å². The SMILES string of the molecule is [C-]#[N+]C1=C(O)[C@@](C)(O)[C@@H]2CC[C@]3(C)C(=CC(=O)[C@]4(O)[C@@H]5CC(C)(C)CC[C@]5(C(=O)OC)CC[C@@]34C)[C@@]2(C)C1. The Hall–Kier alpha value is -2.17. The van der Waals surface area contributed by atoms with Crippen molar-refractivity contribution in [1.29, 1.82) is 0 Å². The molecule has 8 atom stereocenters. The van der Waals surface area contributed by atoms with E-state index < -0.39 is 38.8 Å². The second-order valence-electron chi connectivity index (χ2n) is 14.7. The fraction of sp³-hybridized carbons (Fsp3) is 0.774. The number of fused-ring (bicyclic) bond motifs is 7.